The first-order valence-corrected chi connectivity index (χ1v) is 7.06. The smallest absolute Gasteiger partial charge is 0.403 e. The molecule has 20 heavy (non-hydrogen) atoms. The minimum absolute atomic E-state index is 0.240. The Bertz CT molecular complexity index is 632. The maximum Gasteiger partial charge on any atom is 0.465 e. The molecule has 0 spiro atoms. The van der Waals surface area contributed by atoms with E-state index in [1.165, 1.54) is 0 Å². The molecule has 1 aromatic heterocycles. The molecule has 0 saturated carbocycles. The zero-order valence-electron chi connectivity index (χ0n) is 12.8. The first-order chi connectivity index (χ1) is 9.30. The summed E-state index contributed by atoms with van der Waals surface area (Å²) in [5.74, 6) is 0.990. The summed E-state index contributed by atoms with van der Waals surface area (Å²) < 4.78 is 14.2. The molecule has 1 aliphatic heterocycles. The lowest BCUT2D eigenvalue weighted by atomic mass is 9.84. The molecule has 0 aliphatic carbocycles. The Morgan fingerprint density at radius 2 is 1.70 bits per heavy atom. The van der Waals surface area contributed by atoms with Gasteiger partial charge in [-0.1, -0.05) is 12.1 Å². The van der Waals surface area contributed by atoms with Crippen LogP contribution in [0, 0.1) is 0 Å². The standard InChI is InChI=1S/C15H21BN2O2/c1-14(2)15(3,4)20-16(19-14)10-13-17-11-8-6-7-9-12(11)18(13)5/h6-9H,10H2,1-5H3. The van der Waals surface area contributed by atoms with Crippen molar-refractivity contribution in [2.24, 2.45) is 7.05 Å². The first-order valence-electron chi connectivity index (χ1n) is 7.06. The number of aromatic nitrogens is 2. The van der Waals surface area contributed by atoms with Crippen LogP contribution in [0.5, 0.6) is 0 Å². The summed E-state index contributed by atoms with van der Waals surface area (Å²) in [5, 5.41) is 0. The van der Waals surface area contributed by atoms with Crippen LogP contribution in [-0.4, -0.2) is 27.9 Å². The van der Waals surface area contributed by atoms with Crippen molar-refractivity contribution in [3.8, 4) is 0 Å². The fourth-order valence-electron chi connectivity index (χ4n) is 2.58. The van der Waals surface area contributed by atoms with Crippen LogP contribution in [-0.2, 0) is 22.7 Å². The normalized spacial score (nSPS) is 20.8. The molecule has 1 fully saturated rings. The number of imidazole rings is 1. The number of nitrogens with zero attached hydrogens (tertiary/aromatic N) is 2. The quantitative estimate of drug-likeness (QED) is 0.789. The molecule has 0 unspecified atom stereocenters. The van der Waals surface area contributed by atoms with Gasteiger partial charge in [0.05, 0.1) is 22.2 Å². The van der Waals surface area contributed by atoms with Crippen LogP contribution in [0.2, 0.25) is 0 Å². The Balaban J connectivity index is 1.86. The fraction of sp³-hybridized carbons (Fsp3) is 0.533. The molecule has 0 amide bonds. The van der Waals surface area contributed by atoms with Crippen molar-refractivity contribution in [1.82, 2.24) is 9.55 Å². The Labute approximate surface area is 120 Å². The Morgan fingerprint density at radius 3 is 2.30 bits per heavy atom. The molecule has 1 aromatic carbocycles. The second-order valence-electron chi connectivity index (χ2n) is 6.47. The summed E-state index contributed by atoms with van der Waals surface area (Å²) in [7, 11) is 1.80. The van der Waals surface area contributed by atoms with Crippen molar-refractivity contribution in [2.75, 3.05) is 0 Å². The fourth-order valence-corrected chi connectivity index (χ4v) is 2.58. The highest BCUT2D eigenvalue weighted by molar-refractivity contribution is 6.44. The molecule has 1 aliphatic rings. The number of benzene rings is 1. The van der Waals surface area contributed by atoms with E-state index in [-0.39, 0.29) is 18.3 Å². The van der Waals surface area contributed by atoms with Gasteiger partial charge in [-0.05, 0) is 39.8 Å². The molecule has 0 bridgehead atoms. The van der Waals surface area contributed by atoms with Gasteiger partial charge >= 0.3 is 7.12 Å². The van der Waals surface area contributed by atoms with Crippen LogP contribution in [0.25, 0.3) is 11.0 Å². The highest BCUT2D eigenvalue weighted by Gasteiger charge is 2.51. The molecule has 5 heteroatoms. The van der Waals surface area contributed by atoms with E-state index >= 15 is 0 Å². The van der Waals surface area contributed by atoms with Crippen LogP contribution >= 0.6 is 0 Å². The van der Waals surface area contributed by atoms with Crippen LogP contribution in [0.3, 0.4) is 0 Å². The second-order valence-corrected chi connectivity index (χ2v) is 6.47. The van der Waals surface area contributed by atoms with Crippen molar-refractivity contribution in [3.05, 3.63) is 30.1 Å². The van der Waals surface area contributed by atoms with Crippen molar-refractivity contribution in [2.45, 2.75) is 45.2 Å². The summed E-state index contributed by atoms with van der Waals surface area (Å²) >= 11 is 0. The van der Waals surface area contributed by atoms with Crippen molar-refractivity contribution >= 4 is 18.2 Å². The molecule has 106 valence electrons. The van der Waals surface area contributed by atoms with E-state index in [9.17, 15) is 0 Å². The average molecular weight is 272 g/mol. The summed E-state index contributed by atoms with van der Waals surface area (Å²) in [6, 6.07) is 8.15. The number of fused-ring (bicyclic) bond motifs is 1. The van der Waals surface area contributed by atoms with Crippen LogP contribution in [0.15, 0.2) is 24.3 Å². The van der Waals surface area contributed by atoms with E-state index in [0.717, 1.165) is 16.9 Å². The highest BCUT2D eigenvalue weighted by atomic mass is 16.7. The molecule has 1 saturated heterocycles. The number of aryl methyl sites for hydroxylation is 1. The van der Waals surface area contributed by atoms with E-state index in [4.69, 9.17) is 9.31 Å². The van der Waals surface area contributed by atoms with Gasteiger partial charge < -0.3 is 13.9 Å². The maximum atomic E-state index is 6.04. The van der Waals surface area contributed by atoms with Crippen LogP contribution in [0.1, 0.15) is 33.5 Å². The van der Waals surface area contributed by atoms with Crippen molar-refractivity contribution in [1.29, 1.82) is 0 Å². The summed E-state index contributed by atoms with van der Waals surface area (Å²) in [4.78, 5) is 4.67. The van der Waals surface area contributed by atoms with E-state index in [1.54, 1.807) is 0 Å². The van der Waals surface area contributed by atoms with Gasteiger partial charge in [-0.3, -0.25) is 0 Å². The van der Waals surface area contributed by atoms with Gasteiger partial charge in [0.1, 0.15) is 5.82 Å². The lowest BCUT2D eigenvalue weighted by Gasteiger charge is -2.32. The van der Waals surface area contributed by atoms with Gasteiger partial charge in [0.15, 0.2) is 0 Å². The lowest BCUT2D eigenvalue weighted by Crippen LogP contribution is -2.41. The third kappa shape index (κ3) is 2.05. The van der Waals surface area contributed by atoms with Gasteiger partial charge in [0.25, 0.3) is 0 Å². The third-order valence-electron chi connectivity index (χ3n) is 4.53. The SMILES string of the molecule is Cn1c(CB2OC(C)(C)C(C)(C)O2)nc2ccccc21. The van der Waals surface area contributed by atoms with Gasteiger partial charge in [-0.2, -0.15) is 0 Å². The molecule has 2 heterocycles. The number of hydrogen-bond donors (Lipinski definition) is 0. The summed E-state index contributed by atoms with van der Waals surface area (Å²) in [6.45, 7) is 8.29. The third-order valence-corrected chi connectivity index (χ3v) is 4.53. The zero-order chi connectivity index (χ0) is 14.5. The highest BCUT2D eigenvalue weighted by Crippen LogP contribution is 2.37. The minimum atomic E-state index is -0.289. The van der Waals surface area contributed by atoms with E-state index in [1.807, 2.05) is 25.2 Å². The predicted molar refractivity (Wildman–Crippen MR) is 80.5 cm³/mol. The predicted octanol–water partition coefficient (Wildman–Crippen LogP) is 2.75. The molecule has 0 atom stereocenters. The monoisotopic (exact) mass is 272 g/mol. The number of hydrogen-bond acceptors (Lipinski definition) is 3. The zero-order valence-corrected chi connectivity index (χ0v) is 12.8. The lowest BCUT2D eigenvalue weighted by molar-refractivity contribution is 0.00578. The number of para-hydroxylation sites is 2. The largest absolute Gasteiger partial charge is 0.465 e. The Kier molecular flexibility index (Phi) is 2.96. The molecule has 4 nitrogen and oxygen atoms in total. The molecular formula is C15H21BN2O2. The second kappa shape index (κ2) is 4.33. The van der Waals surface area contributed by atoms with Gasteiger partial charge in [-0.15, -0.1) is 0 Å². The summed E-state index contributed by atoms with van der Waals surface area (Å²) in [6.07, 6.45) is 0.665. The van der Waals surface area contributed by atoms with Gasteiger partial charge in [0, 0.05) is 13.4 Å². The van der Waals surface area contributed by atoms with Crippen molar-refractivity contribution < 1.29 is 9.31 Å². The minimum Gasteiger partial charge on any atom is -0.403 e. The van der Waals surface area contributed by atoms with Crippen molar-refractivity contribution in [3.63, 3.8) is 0 Å². The molecule has 2 aromatic rings. The van der Waals surface area contributed by atoms with Crippen LogP contribution in [0.4, 0.5) is 0 Å². The molecule has 0 N–H and O–H groups in total. The molecular weight excluding hydrogens is 251 g/mol. The Morgan fingerprint density at radius 1 is 1.10 bits per heavy atom. The van der Waals surface area contributed by atoms with Gasteiger partial charge in [0.2, 0.25) is 0 Å². The number of rotatable bonds is 2. The van der Waals surface area contributed by atoms with Gasteiger partial charge in [-0.25, -0.2) is 4.98 Å². The summed E-state index contributed by atoms with van der Waals surface area (Å²) in [5.41, 5.74) is 1.57. The maximum absolute atomic E-state index is 6.04. The molecule has 0 radical (unpaired) electrons. The van der Waals surface area contributed by atoms with E-state index < -0.39 is 0 Å². The van der Waals surface area contributed by atoms with Crippen LogP contribution < -0.4 is 0 Å². The molecule has 3 rings (SSSR count). The van der Waals surface area contributed by atoms with E-state index in [0.29, 0.717) is 6.32 Å². The average Bonchev–Trinajstić information content (AvgIpc) is 2.75. The Hall–Kier alpha value is -1.33. The topological polar surface area (TPSA) is 36.3 Å². The van der Waals surface area contributed by atoms with E-state index in [2.05, 4.69) is 43.3 Å². The first kappa shape index (κ1) is 13.6.